The fraction of sp³-hybridized carbons (Fsp3) is 0.462. The summed E-state index contributed by atoms with van der Waals surface area (Å²) in [6.45, 7) is 5.98. The number of aromatic nitrogens is 1. The molecule has 1 aromatic heterocycles. The van der Waals surface area contributed by atoms with Gasteiger partial charge in [0.15, 0.2) is 0 Å². The summed E-state index contributed by atoms with van der Waals surface area (Å²) in [5.41, 5.74) is 1.06. The smallest absolute Gasteiger partial charge is 0.304 e. The monoisotopic (exact) mass is 247 g/mol. The molecule has 0 radical (unpaired) electrons. The highest BCUT2D eigenvalue weighted by Crippen LogP contribution is 2.27. The van der Waals surface area contributed by atoms with Crippen LogP contribution in [-0.4, -0.2) is 27.4 Å². The zero-order valence-corrected chi connectivity index (χ0v) is 10.9. The Morgan fingerprint density at radius 1 is 1.44 bits per heavy atom. The molecule has 3 amide bonds. The number of pyridine rings is 1. The van der Waals surface area contributed by atoms with Crippen LogP contribution in [0, 0.1) is 6.92 Å². The number of aryl methyl sites for hydroxylation is 1. The van der Waals surface area contributed by atoms with Crippen LogP contribution in [0.15, 0.2) is 18.3 Å². The first-order chi connectivity index (χ1) is 8.49. The number of nitrogens with zero attached hydrogens (tertiary/aromatic N) is 2. The number of carbonyl (C=O) groups excluding carboxylic acids is 2. The van der Waals surface area contributed by atoms with Crippen molar-refractivity contribution in [2.45, 2.75) is 39.3 Å². The van der Waals surface area contributed by atoms with Gasteiger partial charge in [-0.15, -0.1) is 0 Å². The minimum absolute atomic E-state index is 0.233. The molecular weight excluding hydrogens is 230 g/mol. The Kier molecular flexibility index (Phi) is 3.07. The molecule has 5 heteroatoms. The molecule has 2 heterocycles. The average molecular weight is 247 g/mol. The van der Waals surface area contributed by atoms with Gasteiger partial charge in [0.2, 0.25) is 0 Å². The summed E-state index contributed by atoms with van der Waals surface area (Å²) < 4.78 is 0. The molecule has 0 bridgehead atoms. The van der Waals surface area contributed by atoms with Gasteiger partial charge in [-0.3, -0.25) is 15.1 Å². The maximum atomic E-state index is 11.8. The molecule has 18 heavy (non-hydrogen) atoms. The molecule has 1 aliphatic heterocycles. The lowest BCUT2D eigenvalue weighted by Crippen LogP contribution is -2.46. The summed E-state index contributed by atoms with van der Waals surface area (Å²) in [7, 11) is 0. The van der Waals surface area contributed by atoms with Gasteiger partial charge in [-0.2, -0.15) is 0 Å². The fourth-order valence-corrected chi connectivity index (χ4v) is 2.08. The van der Waals surface area contributed by atoms with Crippen molar-refractivity contribution in [3.05, 3.63) is 29.6 Å². The highest BCUT2D eigenvalue weighted by atomic mass is 16.2. The Balaban J connectivity index is 2.30. The number of nitrogens with one attached hydrogen (secondary N) is 1. The van der Waals surface area contributed by atoms with Gasteiger partial charge in [0.25, 0.3) is 5.91 Å². The third-order valence-corrected chi connectivity index (χ3v) is 3.66. The second-order valence-electron chi connectivity index (χ2n) is 4.74. The maximum Gasteiger partial charge on any atom is 0.325 e. The molecule has 0 saturated carbocycles. The zero-order chi connectivity index (χ0) is 13.3. The van der Waals surface area contributed by atoms with Crippen molar-refractivity contribution in [2.24, 2.45) is 0 Å². The van der Waals surface area contributed by atoms with Crippen LogP contribution < -0.4 is 5.32 Å². The molecule has 96 valence electrons. The highest BCUT2D eigenvalue weighted by Gasteiger charge is 2.47. The first-order valence-electron chi connectivity index (χ1n) is 6.02. The summed E-state index contributed by atoms with van der Waals surface area (Å²) in [4.78, 5) is 29.5. The largest absolute Gasteiger partial charge is 0.325 e. The summed E-state index contributed by atoms with van der Waals surface area (Å²) in [6.07, 6.45) is 2.28. The van der Waals surface area contributed by atoms with E-state index in [1.54, 1.807) is 18.0 Å². The normalized spacial score (nSPS) is 23.4. The van der Waals surface area contributed by atoms with Crippen LogP contribution in [-0.2, 0) is 11.3 Å². The number of hydrogen-bond acceptors (Lipinski definition) is 3. The minimum Gasteiger partial charge on any atom is -0.304 e. The molecule has 1 saturated heterocycles. The third kappa shape index (κ3) is 1.85. The lowest BCUT2D eigenvalue weighted by atomic mass is 9.97. The average Bonchev–Trinajstić information content (AvgIpc) is 2.56. The van der Waals surface area contributed by atoms with E-state index in [0.29, 0.717) is 13.0 Å². The number of amides is 3. The van der Waals surface area contributed by atoms with E-state index in [9.17, 15) is 9.59 Å². The first-order valence-corrected chi connectivity index (χ1v) is 6.02. The molecule has 5 nitrogen and oxygen atoms in total. The van der Waals surface area contributed by atoms with E-state index in [1.165, 1.54) is 0 Å². The second kappa shape index (κ2) is 4.40. The standard InChI is InChI=1S/C13H17N3O2/c1-4-13(3)11(17)15-12(18)16(13)8-10-9(2)6-5-7-14-10/h5-7H,4,8H2,1-3H3,(H,15,17,18). The van der Waals surface area contributed by atoms with Crippen molar-refractivity contribution in [2.75, 3.05) is 0 Å². The van der Waals surface area contributed by atoms with E-state index in [2.05, 4.69) is 10.3 Å². The molecule has 1 fully saturated rings. The summed E-state index contributed by atoms with van der Waals surface area (Å²) >= 11 is 0. The Hall–Kier alpha value is -1.91. The summed E-state index contributed by atoms with van der Waals surface area (Å²) in [5, 5.41) is 2.37. The van der Waals surface area contributed by atoms with E-state index in [1.807, 2.05) is 26.0 Å². The molecule has 1 aromatic rings. The zero-order valence-electron chi connectivity index (χ0n) is 10.9. The lowest BCUT2D eigenvalue weighted by Gasteiger charge is -2.30. The van der Waals surface area contributed by atoms with Crippen LogP contribution in [0.5, 0.6) is 0 Å². The molecule has 0 spiro atoms. The van der Waals surface area contributed by atoms with Crippen LogP contribution in [0.3, 0.4) is 0 Å². The van der Waals surface area contributed by atoms with Gasteiger partial charge in [0.1, 0.15) is 5.54 Å². The van der Waals surface area contributed by atoms with Gasteiger partial charge in [0, 0.05) is 6.20 Å². The van der Waals surface area contributed by atoms with Crippen molar-refractivity contribution in [3.8, 4) is 0 Å². The van der Waals surface area contributed by atoms with Crippen molar-refractivity contribution < 1.29 is 9.59 Å². The predicted molar refractivity (Wildman–Crippen MR) is 66.8 cm³/mol. The molecule has 1 aliphatic rings. The number of imide groups is 1. The molecule has 1 atom stereocenters. The van der Waals surface area contributed by atoms with Gasteiger partial charge in [0.05, 0.1) is 12.2 Å². The number of carbonyl (C=O) groups is 2. The van der Waals surface area contributed by atoms with Gasteiger partial charge < -0.3 is 4.90 Å². The molecular formula is C13H17N3O2. The van der Waals surface area contributed by atoms with Crippen molar-refractivity contribution >= 4 is 11.9 Å². The van der Waals surface area contributed by atoms with Crippen LogP contribution >= 0.6 is 0 Å². The van der Waals surface area contributed by atoms with Gasteiger partial charge in [-0.05, 0) is 31.9 Å². The fourth-order valence-electron chi connectivity index (χ4n) is 2.08. The van der Waals surface area contributed by atoms with Crippen molar-refractivity contribution in [1.82, 2.24) is 15.2 Å². The molecule has 1 N–H and O–H groups in total. The van der Waals surface area contributed by atoms with Crippen LogP contribution in [0.2, 0.25) is 0 Å². The Morgan fingerprint density at radius 3 is 2.78 bits per heavy atom. The third-order valence-electron chi connectivity index (χ3n) is 3.66. The van der Waals surface area contributed by atoms with Crippen molar-refractivity contribution in [1.29, 1.82) is 0 Å². The highest BCUT2D eigenvalue weighted by molar-refractivity contribution is 6.06. The van der Waals surface area contributed by atoms with E-state index in [-0.39, 0.29) is 11.9 Å². The number of hydrogen-bond donors (Lipinski definition) is 1. The van der Waals surface area contributed by atoms with Crippen molar-refractivity contribution in [3.63, 3.8) is 0 Å². The molecule has 2 rings (SSSR count). The second-order valence-corrected chi connectivity index (χ2v) is 4.74. The lowest BCUT2D eigenvalue weighted by molar-refractivity contribution is -0.126. The van der Waals surface area contributed by atoms with Crippen LogP contribution in [0.1, 0.15) is 31.5 Å². The molecule has 1 unspecified atom stereocenters. The number of urea groups is 1. The van der Waals surface area contributed by atoms with Crippen LogP contribution in [0.4, 0.5) is 4.79 Å². The molecule has 0 aromatic carbocycles. The number of rotatable bonds is 3. The van der Waals surface area contributed by atoms with Gasteiger partial charge in [-0.25, -0.2) is 4.79 Å². The Labute approximate surface area is 106 Å². The quantitative estimate of drug-likeness (QED) is 0.825. The summed E-state index contributed by atoms with van der Waals surface area (Å²) in [6, 6.07) is 3.46. The van der Waals surface area contributed by atoms with E-state index < -0.39 is 5.54 Å². The van der Waals surface area contributed by atoms with Gasteiger partial charge in [-0.1, -0.05) is 13.0 Å². The van der Waals surface area contributed by atoms with E-state index in [0.717, 1.165) is 11.3 Å². The molecule has 0 aliphatic carbocycles. The van der Waals surface area contributed by atoms with Crippen LogP contribution in [0.25, 0.3) is 0 Å². The first kappa shape index (κ1) is 12.5. The summed E-state index contributed by atoms with van der Waals surface area (Å²) in [5.74, 6) is -0.233. The predicted octanol–water partition coefficient (Wildman–Crippen LogP) is 1.61. The van der Waals surface area contributed by atoms with E-state index in [4.69, 9.17) is 0 Å². The Bertz CT molecular complexity index is 501. The minimum atomic E-state index is -0.777. The Morgan fingerprint density at radius 2 is 2.17 bits per heavy atom. The SMILES string of the molecule is CCC1(C)C(=O)NC(=O)N1Cc1ncccc1C. The maximum absolute atomic E-state index is 11.8. The van der Waals surface area contributed by atoms with E-state index >= 15 is 0 Å². The topological polar surface area (TPSA) is 62.3 Å². The van der Waals surface area contributed by atoms with Gasteiger partial charge >= 0.3 is 6.03 Å².